The summed E-state index contributed by atoms with van der Waals surface area (Å²) in [6, 6.07) is 17.1. The van der Waals surface area contributed by atoms with Gasteiger partial charge in [-0.1, -0.05) is 30.3 Å². The standard InChI is InChI=1S/C17H13N3O/c21-17(20-16-7-3-4-12-18-16)11-10-14-9-8-13-5-1-2-6-15(13)19-14/h1-12H,(H,18,20,21)/b11-10+. The Hall–Kier alpha value is -3.01. The first kappa shape index (κ1) is 13.0. The highest BCUT2D eigenvalue weighted by molar-refractivity contribution is 6.01. The number of benzene rings is 1. The number of carbonyl (C=O) groups is 1. The van der Waals surface area contributed by atoms with Gasteiger partial charge in [0.05, 0.1) is 11.2 Å². The van der Waals surface area contributed by atoms with Crippen molar-refractivity contribution in [1.29, 1.82) is 0 Å². The Morgan fingerprint density at radius 1 is 1.00 bits per heavy atom. The highest BCUT2D eigenvalue weighted by Crippen LogP contribution is 2.12. The topological polar surface area (TPSA) is 54.9 Å². The Labute approximate surface area is 122 Å². The Balaban J connectivity index is 1.73. The van der Waals surface area contributed by atoms with Gasteiger partial charge in [0.2, 0.25) is 5.91 Å². The SMILES string of the molecule is O=C(/C=C/c1ccc2ccccc2n1)Nc1ccccn1. The van der Waals surface area contributed by atoms with Gasteiger partial charge in [0.25, 0.3) is 0 Å². The molecule has 4 heteroatoms. The summed E-state index contributed by atoms with van der Waals surface area (Å²) in [5.74, 6) is 0.294. The van der Waals surface area contributed by atoms with Crippen molar-refractivity contribution < 1.29 is 4.79 Å². The number of carbonyl (C=O) groups excluding carboxylic acids is 1. The third kappa shape index (κ3) is 3.30. The zero-order chi connectivity index (χ0) is 14.5. The molecule has 102 valence electrons. The molecule has 0 spiro atoms. The molecule has 0 fully saturated rings. The molecule has 0 aliphatic heterocycles. The van der Waals surface area contributed by atoms with Crippen LogP contribution in [0, 0.1) is 0 Å². The Morgan fingerprint density at radius 3 is 2.71 bits per heavy atom. The van der Waals surface area contributed by atoms with Crippen LogP contribution in [0.15, 0.2) is 66.9 Å². The number of anilines is 1. The van der Waals surface area contributed by atoms with E-state index < -0.39 is 0 Å². The summed E-state index contributed by atoms with van der Waals surface area (Å²) in [4.78, 5) is 20.3. The zero-order valence-corrected chi connectivity index (χ0v) is 11.2. The molecule has 0 unspecified atom stereocenters. The maximum absolute atomic E-state index is 11.8. The summed E-state index contributed by atoms with van der Waals surface area (Å²) in [7, 11) is 0. The summed E-state index contributed by atoms with van der Waals surface area (Å²) in [5, 5.41) is 3.76. The van der Waals surface area contributed by atoms with Crippen LogP contribution in [-0.4, -0.2) is 15.9 Å². The van der Waals surface area contributed by atoms with Crippen LogP contribution in [0.5, 0.6) is 0 Å². The van der Waals surface area contributed by atoms with Gasteiger partial charge < -0.3 is 5.32 Å². The number of nitrogens with zero attached hydrogens (tertiary/aromatic N) is 2. The van der Waals surface area contributed by atoms with Crippen LogP contribution in [0.3, 0.4) is 0 Å². The van der Waals surface area contributed by atoms with E-state index in [1.165, 1.54) is 6.08 Å². The molecule has 0 saturated heterocycles. The van der Waals surface area contributed by atoms with E-state index in [1.54, 1.807) is 24.4 Å². The number of aromatic nitrogens is 2. The largest absolute Gasteiger partial charge is 0.307 e. The van der Waals surface area contributed by atoms with Gasteiger partial charge in [0, 0.05) is 17.7 Å². The fraction of sp³-hybridized carbons (Fsp3) is 0. The van der Waals surface area contributed by atoms with E-state index in [-0.39, 0.29) is 5.91 Å². The molecule has 0 atom stereocenters. The first-order valence-corrected chi connectivity index (χ1v) is 6.57. The molecule has 3 aromatic rings. The lowest BCUT2D eigenvalue weighted by molar-refractivity contribution is -0.111. The molecule has 0 radical (unpaired) electrons. The number of fused-ring (bicyclic) bond motifs is 1. The van der Waals surface area contributed by atoms with Crippen molar-refractivity contribution in [2.45, 2.75) is 0 Å². The van der Waals surface area contributed by atoms with E-state index in [1.807, 2.05) is 42.5 Å². The molecule has 1 amide bonds. The van der Waals surface area contributed by atoms with Crippen LogP contribution in [0.25, 0.3) is 17.0 Å². The van der Waals surface area contributed by atoms with E-state index in [0.717, 1.165) is 16.6 Å². The van der Waals surface area contributed by atoms with Crippen molar-refractivity contribution in [1.82, 2.24) is 9.97 Å². The Morgan fingerprint density at radius 2 is 1.86 bits per heavy atom. The maximum atomic E-state index is 11.8. The molecule has 2 heterocycles. The number of para-hydroxylation sites is 1. The van der Waals surface area contributed by atoms with Gasteiger partial charge in [-0.05, 0) is 30.3 Å². The lowest BCUT2D eigenvalue weighted by Gasteiger charge is -2.00. The first-order chi connectivity index (χ1) is 10.3. The van der Waals surface area contributed by atoms with Crippen molar-refractivity contribution in [3.05, 3.63) is 72.6 Å². The number of rotatable bonds is 3. The van der Waals surface area contributed by atoms with Crippen LogP contribution in [0.2, 0.25) is 0 Å². The fourth-order valence-electron chi connectivity index (χ4n) is 1.94. The van der Waals surface area contributed by atoms with Gasteiger partial charge in [-0.2, -0.15) is 0 Å². The predicted octanol–water partition coefficient (Wildman–Crippen LogP) is 3.28. The van der Waals surface area contributed by atoms with Gasteiger partial charge in [-0.15, -0.1) is 0 Å². The van der Waals surface area contributed by atoms with E-state index >= 15 is 0 Å². The van der Waals surface area contributed by atoms with Gasteiger partial charge in [0.15, 0.2) is 0 Å². The molecule has 0 saturated carbocycles. The smallest absolute Gasteiger partial charge is 0.249 e. The molecule has 1 aromatic carbocycles. The van der Waals surface area contributed by atoms with Crippen molar-refractivity contribution in [3.63, 3.8) is 0 Å². The van der Waals surface area contributed by atoms with Crippen molar-refractivity contribution >= 4 is 28.7 Å². The third-order valence-electron chi connectivity index (χ3n) is 2.94. The number of hydrogen-bond acceptors (Lipinski definition) is 3. The molecule has 21 heavy (non-hydrogen) atoms. The van der Waals surface area contributed by atoms with E-state index in [2.05, 4.69) is 15.3 Å². The average Bonchev–Trinajstić information content (AvgIpc) is 2.54. The lowest BCUT2D eigenvalue weighted by atomic mass is 10.2. The molecule has 1 N–H and O–H groups in total. The highest BCUT2D eigenvalue weighted by Gasteiger charge is 1.99. The molecular weight excluding hydrogens is 262 g/mol. The van der Waals surface area contributed by atoms with E-state index in [0.29, 0.717) is 5.82 Å². The summed E-state index contributed by atoms with van der Waals surface area (Å²) in [6.45, 7) is 0. The third-order valence-corrected chi connectivity index (χ3v) is 2.94. The highest BCUT2D eigenvalue weighted by atomic mass is 16.1. The van der Waals surface area contributed by atoms with Crippen molar-refractivity contribution in [2.24, 2.45) is 0 Å². The molecule has 0 bridgehead atoms. The van der Waals surface area contributed by atoms with Crippen LogP contribution < -0.4 is 5.32 Å². The molecule has 3 rings (SSSR count). The normalized spacial score (nSPS) is 10.9. The monoisotopic (exact) mass is 275 g/mol. The molecule has 0 aliphatic rings. The number of hydrogen-bond donors (Lipinski definition) is 1. The lowest BCUT2D eigenvalue weighted by Crippen LogP contribution is -2.08. The number of nitrogens with one attached hydrogen (secondary N) is 1. The van der Waals surface area contributed by atoms with Crippen molar-refractivity contribution in [3.8, 4) is 0 Å². The van der Waals surface area contributed by atoms with Crippen molar-refractivity contribution in [2.75, 3.05) is 5.32 Å². The van der Waals surface area contributed by atoms with E-state index in [9.17, 15) is 4.79 Å². The van der Waals surface area contributed by atoms with Gasteiger partial charge in [-0.3, -0.25) is 4.79 Å². The van der Waals surface area contributed by atoms with Gasteiger partial charge >= 0.3 is 0 Å². The summed E-state index contributed by atoms with van der Waals surface area (Å²) < 4.78 is 0. The van der Waals surface area contributed by atoms with Gasteiger partial charge in [-0.25, -0.2) is 9.97 Å². The van der Waals surface area contributed by atoms with Crippen LogP contribution >= 0.6 is 0 Å². The minimum absolute atomic E-state index is 0.233. The minimum Gasteiger partial charge on any atom is -0.307 e. The van der Waals surface area contributed by atoms with Gasteiger partial charge in [0.1, 0.15) is 5.82 Å². The second-order valence-electron chi connectivity index (χ2n) is 4.47. The maximum Gasteiger partial charge on any atom is 0.249 e. The predicted molar refractivity (Wildman–Crippen MR) is 83.6 cm³/mol. The Bertz CT molecular complexity index is 797. The molecular formula is C17H13N3O. The van der Waals surface area contributed by atoms with Crippen LogP contribution in [-0.2, 0) is 4.79 Å². The second-order valence-corrected chi connectivity index (χ2v) is 4.47. The quantitative estimate of drug-likeness (QED) is 0.746. The fourth-order valence-corrected chi connectivity index (χ4v) is 1.94. The summed E-state index contributed by atoms with van der Waals surface area (Å²) in [6.07, 6.45) is 4.76. The number of pyridine rings is 2. The Kier molecular flexibility index (Phi) is 3.69. The van der Waals surface area contributed by atoms with E-state index in [4.69, 9.17) is 0 Å². The summed E-state index contributed by atoms with van der Waals surface area (Å²) >= 11 is 0. The van der Waals surface area contributed by atoms with Crippen LogP contribution in [0.1, 0.15) is 5.69 Å². The molecule has 4 nitrogen and oxygen atoms in total. The number of amides is 1. The molecule has 2 aromatic heterocycles. The average molecular weight is 275 g/mol. The molecule has 0 aliphatic carbocycles. The second kappa shape index (κ2) is 5.96. The van der Waals surface area contributed by atoms with Crippen LogP contribution in [0.4, 0.5) is 5.82 Å². The minimum atomic E-state index is -0.233. The first-order valence-electron chi connectivity index (χ1n) is 6.57. The summed E-state index contributed by atoms with van der Waals surface area (Å²) in [5.41, 5.74) is 1.65. The zero-order valence-electron chi connectivity index (χ0n) is 11.2.